The number of aryl methyl sites for hydroxylation is 2. The maximum Gasteiger partial charge on any atom is 0.317 e. The number of urea groups is 1. The normalized spacial score (nSPS) is 11.7. The monoisotopic (exact) mass is 326 g/mol. The fourth-order valence-corrected chi connectivity index (χ4v) is 2.68. The Kier molecular flexibility index (Phi) is 5.85. The van der Waals surface area contributed by atoms with Gasteiger partial charge >= 0.3 is 6.03 Å². The van der Waals surface area contributed by atoms with E-state index >= 15 is 0 Å². The average Bonchev–Trinajstić information content (AvgIpc) is 2.56. The molecule has 0 radical (unpaired) electrons. The molecule has 0 aromatic heterocycles. The van der Waals surface area contributed by atoms with Crippen molar-refractivity contribution in [2.75, 3.05) is 14.2 Å². The van der Waals surface area contributed by atoms with Gasteiger partial charge < -0.3 is 15.0 Å². The van der Waals surface area contributed by atoms with Crippen LogP contribution in [0.15, 0.2) is 42.5 Å². The number of hydrogen-bond acceptors (Lipinski definition) is 2. The second-order valence-corrected chi connectivity index (χ2v) is 6.20. The topological polar surface area (TPSA) is 41.6 Å². The third-order valence-electron chi connectivity index (χ3n) is 4.21. The van der Waals surface area contributed by atoms with Gasteiger partial charge in [0.2, 0.25) is 0 Å². The lowest BCUT2D eigenvalue weighted by Gasteiger charge is -2.23. The molecule has 1 N–H and O–H groups in total. The van der Waals surface area contributed by atoms with Gasteiger partial charge in [-0.2, -0.15) is 0 Å². The van der Waals surface area contributed by atoms with Crippen LogP contribution in [0.3, 0.4) is 0 Å². The summed E-state index contributed by atoms with van der Waals surface area (Å²) in [6.45, 7) is 6.63. The number of amides is 2. The summed E-state index contributed by atoms with van der Waals surface area (Å²) in [4.78, 5) is 14.2. The van der Waals surface area contributed by atoms with Crippen LogP contribution in [0.25, 0.3) is 0 Å². The summed E-state index contributed by atoms with van der Waals surface area (Å²) < 4.78 is 5.41. The number of ether oxygens (including phenoxy) is 1. The van der Waals surface area contributed by atoms with Crippen molar-refractivity contribution in [1.82, 2.24) is 10.2 Å². The molecule has 0 spiro atoms. The highest BCUT2D eigenvalue weighted by Crippen LogP contribution is 2.26. The first kappa shape index (κ1) is 17.9. The van der Waals surface area contributed by atoms with E-state index in [0.29, 0.717) is 6.54 Å². The predicted octanol–water partition coefficient (Wildman–Crippen LogP) is 4.21. The number of nitrogens with zero attached hydrogens (tertiary/aromatic N) is 1. The van der Waals surface area contributed by atoms with E-state index in [1.54, 1.807) is 12.0 Å². The van der Waals surface area contributed by atoms with E-state index in [1.165, 1.54) is 5.56 Å². The van der Waals surface area contributed by atoms with Gasteiger partial charge in [0.15, 0.2) is 0 Å². The van der Waals surface area contributed by atoms with Crippen molar-refractivity contribution in [1.29, 1.82) is 0 Å². The van der Waals surface area contributed by atoms with Crippen molar-refractivity contribution >= 4 is 6.03 Å². The number of carbonyl (C=O) groups is 1. The van der Waals surface area contributed by atoms with Crippen LogP contribution in [-0.2, 0) is 6.54 Å². The molecular formula is C20H26N2O2. The number of benzene rings is 2. The van der Waals surface area contributed by atoms with Gasteiger partial charge in [0, 0.05) is 19.2 Å². The molecular weight excluding hydrogens is 300 g/mol. The minimum absolute atomic E-state index is 0.102. The van der Waals surface area contributed by atoms with Crippen LogP contribution in [0.5, 0.6) is 5.75 Å². The molecule has 4 nitrogen and oxygen atoms in total. The zero-order valence-corrected chi connectivity index (χ0v) is 15.1. The summed E-state index contributed by atoms with van der Waals surface area (Å²) in [5.74, 6) is 0.787. The summed E-state index contributed by atoms with van der Waals surface area (Å²) in [7, 11) is 3.45. The first-order valence-corrected chi connectivity index (χ1v) is 8.13. The molecule has 0 aliphatic heterocycles. The molecule has 2 amide bonds. The van der Waals surface area contributed by atoms with Crippen molar-refractivity contribution in [3.8, 4) is 5.75 Å². The summed E-state index contributed by atoms with van der Waals surface area (Å²) in [6.07, 6.45) is 0. The summed E-state index contributed by atoms with van der Waals surface area (Å²) >= 11 is 0. The Morgan fingerprint density at radius 3 is 2.58 bits per heavy atom. The standard InChI is InChI=1S/C20H26N2O2/c1-14-10-11-19(24-5)18(12-14)16(3)21-20(23)22(4)13-17-9-7-6-8-15(17)2/h6-12,16H,13H2,1-5H3,(H,21,23). The van der Waals surface area contributed by atoms with Crippen LogP contribution >= 0.6 is 0 Å². The molecule has 1 atom stereocenters. The van der Waals surface area contributed by atoms with Crippen molar-refractivity contribution in [3.63, 3.8) is 0 Å². The third-order valence-corrected chi connectivity index (χ3v) is 4.21. The summed E-state index contributed by atoms with van der Waals surface area (Å²) in [5.41, 5.74) is 4.46. The Bertz CT molecular complexity index is 713. The SMILES string of the molecule is COc1ccc(C)cc1C(C)NC(=O)N(C)Cc1ccccc1C. The van der Waals surface area contributed by atoms with E-state index in [9.17, 15) is 4.79 Å². The molecule has 128 valence electrons. The fourth-order valence-electron chi connectivity index (χ4n) is 2.68. The van der Waals surface area contributed by atoms with Gasteiger partial charge in [-0.25, -0.2) is 4.79 Å². The van der Waals surface area contributed by atoms with Gasteiger partial charge in [-0.1, -0.05) is 42.0 Å². The first-order chi connectivity index (χ1) is 11.4. The molecule has 0 saturated carbocycles. The van der Waals surface area contributed by atoms with Gasteiger partial charge in [0.25, 0.3) is 0 Å². The molecule has 0 saturated heterocycles. The molecule has 2 aromatic carbocycles. The Morgan fingerprint density at radius 1 is 1.21 bits per heavy atom. The Balaban J connectivity index is 2.06. The van der Waals surface area contributed by atoms with Crippen molar-refractivity contribution in [3.05, 3.63) is 64.7 Å². The van der Waals surface area contributed by atoms with Crippen molar-refractivity contribution in [2.24, 2.45) is 0 Å². The van der Waals surface area contributed by atoms with E-state index in [0.717, 1.165) is 22.4 Å². The summed E-state index contributed by atoms with van der Waals surface area (Å²) in [5, 5.41) is 3.04. The smallest absolute Gasteiger partial charge is 0.317 e. The van der Waals surface area contributed by atoms with Gasteiger partial charge in [-0.15, -0.1) is 0 Å². The average molecular weight is 326 g/mol. The van der Waals surface area contributed by atoms with Crippen LogP contribution < -0.4 is 10.1 Å². The minimum Gasteiger partial charge on any atom is -0.496 e. The molecule has 2 rings (SSSR count). The molecule has 1 unspecified atom stereocenters. The fraction of sp³-hybridized carbons (Fsp3) is 0.350. The maximum atomic E-state index is 12.5. The second kappa shape index (κ2) is 7.86. The maximum absolute atomic E-state index is 12.5. The van der Waals surface area contributed by atoms with E-state index in [2.05, 4.69) is 18.3 Å². The molecule has 0 bridgehead atoms. The van der Waals surface area contributed by atoms with Gasteiger partial charge in [0.05, 0.1) is 13.2 Å². The quantitative estimate of drug-likeness (QED) is 0.894. The van der Waals surface area contributed by atoms with Gasteiger partial charge in [0.1, 0.15) is 5.75 Å². The minimum atomic E-state index is -0.133. The lowest BCUT2D eigenvalue weighted by molar-refractivity contribution is 0.203. The van der Waals surface area contributed by atoms with E-state index in [4.69, 9.17) is 4.74 Å². The molecule has 24 heavy (non-hydrogen) atoms. The van der Waals surface area contributed by atoms with Gasteiger partial charge in [-0.05, 0) is 38.0 Å². The van der Waals surface area contributed by atoms with Crippen molar-refractivity contribution in [2.45, 2.75) is 33.4 Å². The molecule has 0 heterocycles. The van der Waals surface area contributed by atoms with Crippen molar-refractivity contribution < 1.29 is 9.53 Å². The van der Waals surface area contributed by atoms with Crippen LogP contribution in [-0.4, -0.2) is 25.1 Å². The molecule has 4 heteroatoms. The largest absolute Gasteiger partial charge is 0.496 e. The van der Waals surface area contributed by atoms with Crippen LogP contribution in [0.2, 0.25) is 0 Å². The van der Waals surface area contributed by atoms with E-state index in [-0.39, 0.29) is 12.1 Å². The Labute approximate surface area is 144 Å². The molecule has 0 aliphatic carbocycles. The number of carbonyl (C=O) groups excluding carboxylic acids is 1. The zero-order valence-electron chi connectivity index (χ0n) is 15.1. The zero-order chi connectivity index (χ0) is 17.7. The molecule has 0 aliphatic rings. The number of hydrogen-bond donors (Lipinski definition) is 1. The highest BCUT2D eigenvalue weighted by atomic mass is 16.5. The van der Waals surface area contributed by atoms with E-state index < -0.39 is 0 Å². The Hall–Kier alpha value is -2.49. The first-order valence-electron chi connectivity index (χ1n) is 8.13. The lowest BCUT2D eigenvalue weighted by Crippen LogP contribution is -2.38. The highest BCUT2D eigenvalue weighted by molar-refractivity contribution is 5.74. The lowest BCUT2D eigenvalue weighted by atomic mass is 10.0. The predicted molar refractivity (Wildman–Crippen MR) is 97.3 cm³/mol. The number of rotatable bonds is 5. The molecule has 2 aromatic rings. The van der Waals surface area contributed by atoms with Crippen LogP contribution in [0.4, 0.5) is 4.79 Å². The van der Waals surface area contributed by atoms with Crippen LogP contribution in [0, 0.1) is 13.8 Å². The van der Waals surface area contributed by atoms with Gasteiger partial charge in [-0.3, -0.25) is 0 Å². The Morgan fingerprint density at radius 2 is 1.92 bits per heavy atom. The van der Waals surface area contributed by atoms with E-state index in [1.807, 2.05) is 57.3 Å². The molecule has 0 fully saturated rings. The summed E-state index contributed by atoms with van der Waals surface area (Å²) in [6, 6.07) is 13.9. The number of methoxy groups -OCH3 is 1. The highest BCUT2D eigenvalue weighted by Gasteiger charge is 2.17. The third kappa shape index (κ3) is 4.28. The van der Waals surface area contributed by atoms with Crippen LogP contribution in [0.1, 0.15) is 35.2 Å². The second-order valence-electron chi connectivity index (χ2n) is 6.20. The number of nitrogens with one attached hydrogen (secondary N) is 1.